The van der Waals surface area contributed by atoms with Crippen LogP contribution in [0.4, 0.5) is 8.78 Å². The molecule has 4 rings (SSSR count). The van der Waals surface area contributed by atoms with Gasteiger partial charge in [0.15, 0.2) is 11.7 Å². The fraction of sp³-hybridized carbons (Fsp3) is 0.200. The first-order valence-corrected chi connectivity index (χ1v) is 9.90. The van der Waals surface area contributed by atoms with E-state index in [1.165, 1.54) is 28.5 Å². The molecule has 0 saturated carbocycles. The van der Waals surface area contributed by atoms with Gasteiger partial charge in [0.2, 0.25) is 5.91 Å². The molecule has 1 amide bonds. The number of nitrogens with zero attached hydrogens (tertiary/aromatic N) is 3. The molecule has 0 radical (unpaired) electrons. The van der Waals surface area contributed by atoms with E-state index in [0.29, 0.717) is 16.0 Å². The highest BCUT2D eigenvalue weighted by Crippen LogP contribution is 2.26. The summed E-state index contributed by atoms with van der Waals surface area (Å²) in [6, 6.07) is 5.27. The Morgan fingerprint density at radius 2 is 2.03 bits per heavy atom. The zero-order valence-corrected chi connectivity index (χ0v) is 16.6. The van der Waals surface area contributed by atoms with Crippen LogP contribution < -0.4 is 5.56 Å². The van der Waals surface area contributed by atoms with Gasteiger partial charge in [-0.05, 0) is 23.6 Å². The quantitative estimate of drug-likeness (QED) is 0.505. The topological polar surface area (TPSA) is 92.1 Å². The summed E-state index contributed by atoms with van der Waals surface area (Å²) in [6.45, 7) is 0.136. The molecule has 0 unspecified atom stereocenters. The molecular weight excluding hydrogens is 414 g/mol. The molecule has 0 aliphatic heterocycles. The molecule has 4 aromatic rings. The van der Waals surface area contributed by atoms with Crippen molar-refractivity contribution in [2.75, 3.05) is 7.05 Å². The number of halogens is 2. The maximum atomic E-state index is 13.9. The molecule has 7 nitrogen and oxygen atoms in total. The molecule has 0 fully saturated rings. The summed E-state index contributed by atoms with van der Waals surface area (Å²) in [5.74, 6) is -1.18. The molecule has 0 spiro atoms. The molecule has 3 aromatic heterocycles. The SMILES string of the molecule is CN(Cc1nc2ccsc2c(=O)[nH]1)C(=O)CCc1ncc(-c2c(F)cccc2F)o1. The summed E-state index contributed by atoms with van der Waals surface area (Å²) in [5.41, 5.74) is 0.0596. The maximum absolute atomic E-state index is 13.9. The first-order valence-electron chi connectivity index (χ1n) is 9.02. The van der Waals surface area contributed by atoms with Gasteiger partial charge in [0.25, 0.3) is 5.56 Å². The first kappa shape index (κ1) is 19.9. The molecule has 0 aliphatic rings. The minimum atomic E-state index is -0.752. The number of aromatic amines is 1. The Hall–Kier alpha value is -3.40. The number of rotatable bonds is 6. The van der Waals surface area contributed by atoms with E-state index in [9.17, 15) is 18.4 Å². The Morgan fingerprint density at radius 3 is 2.80 bits per heavy atom. The summed E-state index contributed by atoms with van der Waals surface area (Å²) in [7, 11) is 1.59. The molecule has 10 heteroatoms. The predicted molar refractivity (Wildman–Crippen MR) is 107 cm³/mol. The van der Waals surface area contributed by atoms with Crippen molar-refractivity contribution in [3.8, 4) is 11.3 Å². The number of benzene rings is 1. The van der Waals surface area contributed by atoms with Gasteiger partial charge in [0.05, 0.1) is 23.8 Å². The number of nitrogens with one attached hydrogen (secondary N) is 1. The summed E-state index contributed by atoms with van der Waals surface area (Å²) in [4.78, 5) is 36.9. The van der Waals surface area contributed by atoms with Gasteiger partial charge in [0.1, 0.15) is 22.2 Å². The highest BCUT2D eigenvalue weighted by atomic mass is 32.1. The van der Waals surface area contributed by atoms with Crippen LogP contribution in [0.15, 0.2) is 45.1 Å². The number of aryl methyl sites for hydroxylation is 1. The Morgan fingerprint density at radius 1 is 1.27 bits per heavy atom. The van der Waals surface area contributed by atoms with E-state index in [4.69, 9.17) is 4.42 Å². The molecule has 0 bridgehead atoms. The number of hydrogen-bond donors (Lipinski definition) is 1. The minimum absolute atomic E-state index is 0.0350. The van der Waals surface area contributed by atoms with E-state index >= 15 is 0 Å². The second-order valence-electron chi connectivity index (χ2n) is 6.61. The fourth-order valence-corrected chi connectivity index (χ4v) is 3.71. The first-order chi connectivity index (χ1) is 14.4. The third-order valence-electron chi connectivity index (χ3n) is 4.49. The van der Waals surface area contributed by atoms with Gasteiger partial charge in [-0.1, -0.05) is 6.07 Å². The molecule has 0 saturated heterocycles. The summed E-state index contributed by atoms with van der Waals surface area (Å²) in [6.07, 6.45) is 1.46. The van der Waals surface area contributed by atoms with Crippen LogP contribution in [-0.2, 0) is 17.8 Å². The molecule has 30 heavy (non-hydrogen) atoms. The van der Waals surface area contributed by atoms with Crippen LogP contribution in [0.1, 0.15) is 18.1 Å². The van der Waals surface area contributed by atoms with Crippen LogP contribution in [0.2, 0.25) is 0 Å². The van der Waals surface area contributed by atoms with Gasteiger partial charge in [-0.15, -0.1) is 11.3 Å². The van der Waals surface area contributed by atoms with Crippen molar-refractivity contribution in [3.05, 3.63) is 69.5 Å². The number of carbonyl (C=O) groups excluding carboxylic acids is 1. The van der Waals surface area contributed by atoms with Gasteiger partial charge in [-0.3, -0.25) is 9.59 Å². The van der Waals surface area contributed by atoms with Crippen LogP contribution in [0, 0.1) is 11.6 Å². The van der Waals surface area contributed by atoms with E-state index in [-0.39, 0.29) is 48.1 Å². The lowest BCUT2D eigenvalue weighted by molar-refractivity contribution is -0.130. The normalized spacial score (nSPS) is 11.2. The summed E-state index contributed by atoms with van der Waals surface area (Å²) in [5, 5.41) is 1.78. The number of hydrogen-bond acceptors (Lipinski definition) is 6. The second-order valence-corrected chi connectivity index (χ2v) is 7.53. The van der Waals surface area contributed by atoms with Crippen molar-refractivity contribution in [1.82, 2.24) is 19.9 Å². The van der Waals surface area contributed by atoms with Crippen LogP contribution in [-0.4, -0.2) is 32.8 Å². The third-order valence-corrected chi connectivity index (χ3v) is 5.39. The second kappa shape index (κ2) is 8.15. The van der Waals surface area contributed by atoms with Gasteiger partial charge < -0.3 is 14.3 Å². The van der Waals surface area contributed by atoms with E-state index in [1.54, 1.807) is 18.5 Å². The molecule has 1 N–H and O–H groups in total. The fourth-order valence-electron chi connectivity index (χ4n) is 2.99. The number of H-pyrrole nitrogens is 1. The van der Waals surface area contributed by atoms with Crippen molar-refractivity contribution in [1.29, 1.82) is 0 Å². The van der Waals surface area contributed by atoms with Gasteiger partial charge >= 0.3 is 0 Å². The molecule has 0 aliphatic carbocycles. The van der Waals surface area contributed by atoms with Gasteiger partial charge in [-0.25, -0.2) is 18.7 Å². The van der Waals surface area contributed by atoms with E-state index in [1.807, 2.05) is 0 Å². The third kappa shape index (κ3) is 3.99. The zero-order valence-electron chi connectivity index (χ0n) is 15.8. The standard InChI is InChI=1S/C20H16F2N4O3S/c1-26(10-15-24-13-7-8-30-19(13)20(28)25-15)17(27)6-5-16-23-9-14(29-16)18-11(21)3-2-4-12(18)22/h2-4,7-9H,5-6,10H2,1H3,(H,24,25,28). The maximum Gasteiger partial charge on any atom is 0.268 e. The number of thiophene rings is 1. The Balaban J connectivity index is 1.39. The smallest absolute Gasteiger partial charge is 0.268 e. The predicted octanol–water partition coefficient (Wildman–Crippen LogP) is 3.51. The molecule has 154 valence electrons. The Labute approximate surface area is 173 Å². The molecule has 3 heterocycles. The highest BCUT2D eigenvalue weighted by Gasteiger charge is 2.17. The largest absolute Gasteiger partial charge is 0.441 e. The van der Waals surface area contributed by atoms with E-state index < -0.39 is 11.6 Å². The number of carbonyl (C=O) groups is 1. The Bertz CT molecular complexity index is 1260. The molecule has 1 aromatic carbocycles. The van der Waals surface area contributed by atoms with Crippen LogP contribution in [0.25, 0.3) is 21.5 Å². The summed E-state index contributed by atoms with van der Waals surface area (Å²) < 4.78 is 33.7. The van der Waals surface area contributed by atoms with Crippen LogP contribution in [0.3, 0.4) is 0 Å². The van der Waals surface area contributed by atoms with Crippen LogP contribution >= 0.6 is 11.3 Å². The lowest BCUT2D eigenvalue weighted by atomic mass is 10.1. The number of fused-ring (bicyclic) bond motifs is 1. The van der Waals surface area contributed by atoms with Crippen molar-refractivity contribution >= 4 is 27.5 Å². The van der Waals surface area contributed by atoms with Crippen LogP contribution in [0.5, 0.6) is 0 Å². The average molecular weight is 430 g/mol. The lowest BCUT2D eigenvalue weighted by Gasteiger charge is -2.16. The van der Waals surface area contributed by atoms with E-state index in [0.717, 1.165) is 12.1 Å². The average Bonchev–Trinajstić information content (AvgIpc) is 3.36. The van der Waals surface area contributed by atoms with Crippen molar-refractivity contribution in [2.24, 2.45) is 0 Å². The van der Waals surface area contributed by atoms with Gasteiger partial charge in [-0.2, -0.15) is 0 Å². The van der Waals surface area contributed by atoms with Crippen molar-refractivity contribution in [3.63, 3.8) is 0 Å². The van der Waals surface area contributed by atoms with Crippen molar-refractivity contribution < 1.29 is 18.0 Å². The van der Waals surface area contributed by atoms with Gasteiger partial charge in [0, 0.05) is 19.9 Å². The molecular formula is C20H16F2N4O3S. The van der Waals surface area contributed by atoms with Crippen molar-refractivity contribution in [2.45, 2.75) is 19.4 Å². The van der Waals surface area contributed by atoms with E-state index in [2.05, 4.69) is 15.0 Å². The number of oxazole rings is 1. The summed E-state index contributed by atoms with van der Waals surface area (Å²) >= 11 is 1.30. The zero-order chi connectivity index (χ0) is 21.3. The molecule has 0 atom stereocenters. The number of aromatic nitrogens is 3. The minimum Gasteiger partial charge on any atom is -0.441 e. The number of amides is 1. The Kier molecular flexibility index (Phi) is 5.40. The monoisotopic (exact) mass is 430 g/mol. The highest BCUT2D eigenvalue weighted by molar-refractivity contribution is 7.17. The lowest BCUT2D eigenvalue weighted by Crippen LogP contribution is -2.28.